The summed E-state index contributed by atoms with van der Waals surface area (Å²) >= 11 is 0. The summed E-state index contributed by atoms with van der Waals surface area (Å²) in [7, 11) is -1.46. The van der Waals surface area contributed by atoms with E-state index >= 15 is 0 Å². The zero-order valence-corrected chi connectivity index (χ0v) is 13.2. The van der Waals surface area contributed by atoms with Crippen LogP contribution in [0.3, 0.4) is 0 Å². The van der Waals surface area contributed by atoms with Gasteiger partial charge in [-0.05, 0) is 43.5 Å². The summed E-state index contributed by atoms with van der Waals surface area (Å²) in [4.78, 5) is 13.7. The van der Waals surface area contributed by atoms with Gasteiger partial charge in [0.05, 0.1) is 11.8 Å². The van der Waals surface area contributed by atoms with Crippen LogP contribution in [0, 0.1) is 13.8 Å². The molecule has 1 aromatic rings. The van der Waals surface area contributed by atoms with Crippen LogP contribution in [0.1, 0.15) is 17.5 Å². The summed E-state index contributed by atoms with van der Waals surface area (Å²) in [6.07, 6.45) is 1.27. The lowest BCUT2D eigenvalue weighted by atomic mass is 10.1. The fraction of sp³-hybridized carbons (Fsp3) is 0.500. The number of nitrogens with zero attached hydrogens (tertiary/aromatic N) is 1. The molecule has 1 aromatic carbocycles. The molecule has 0 heterocycles. The van der Waals surface area contributed by atoms with Crippen LogP contribution in [0.25, 0.3) is 0 Å². The molecule has 1 rings (SSSR count). The van der Waals surface area contributed by atoms with Crippen LogP contribution in [0.4, 0.5) is 5.69 Å². The van der Waals surface area contributed by atoms with Crippen LogP contribution in [0.15, 0.2) is 18.2 Å². The number of rotatable bonds is 5. The summed E-state index contributed by atoms with van der Waals surface area (Å²) in [6, 6.07) is 5.00. The van der Waals surface area contributed by atoms with Gasteiger partial charge in [0.15, 0.2) is 0 Å². The van der Waals surface area contributed by atoms with Crippen LogP contribution < -0.4 is 10.6 Å². The lowest BCUT2D eigenvalue weighted by molar-refractivity contribution is -0.119. The highest BCUT2D eigenvalue weighted by Gasteiger charge is 2.20. The molecule has 0 saturated heterocycles. The molecule has 1 unspecified atom stereocenters. The van der Waals surface area contributed by atoms with Crippen molar-refractivity contribution in [1.29, 1.82) is 0 Å². The first-order valence-corrected chi connectivity index (χ1v) is 8.45. The molecule has 0 aliphatic carbocycles. The van der Waals surface area contributed by atoms with Gasteiger partial charge in [0.1, 0.15) is 9.84 Å². The van der Waals surface area contributed by atoms with E-state index < -0.39 is 15.9 Å². The summed E-state index contributed by atoms with van der Waals surface area (Å²) in [5, 5.41) is 0. The average molecular weight is 298 g/mol. The van der Waals surface area contributed by atoms with Crippen LogP contribution in [-0.2, 0) is 14.6 Å². The lowest BCUT2D eigenvalue weighted by Gasteiger charge is -2.22. The third-order valence-electron chi connectivity index (χ3n) is 3.04. The number of sulfone groups is 1. The van der Waals surface area contributed by atoms with Crippen molar-refractivity contribution in [2.24, 2.45) is 5.73 Å². The van der Waals surface area contributed by atoms with Crippen molar-refractivity contribution in [2.45, 2.75) is 26.3 Å². The van der Waals surface area contributed by atoms with Crippen molar-refractivity contribution >= 4 is 21.4 Å². The maximum Gasteiger partial charge on any atom is 0.243 e. The molecule has 5 nitrogen and oxygen atoms in total. The van der Waals surface area contributed by atoms with E-state index in [-0.39, 0.29) is 18.1 Å². The van der Waals surface area contributed by atoms with Crippen molar-refractivity contribution in [2.75, 3.05) is 24.0 Å². The van der Waals surface area contributed by atoms with Gasteiger partial charge < -0.3 is 10.6 Å². The van der Waals surface area contributed by atoms with Crippen LogP contribution in [-0.4, -0.2) is 39.4 Å². The van der Waals surface area contributed by atoms with E-state index in [1.54, 1.807) is 7.05 Å². The van der Waals surface area contributed by atoms with Crippen LogP contribution in [0.2, 0.25) is 0 Å². The topological polar surface area (TPSA) is 80.5 Å². The minimum Gasteiger partial charge on any atom is -0.320 e. The number of likely N-dealkylation sites (N-methyl/N-ethyl adjacent to an activating group) is 1. The third-order valence-corrected chi connectivity index (χ3v) is 4.02. The van der Waals surface area contributed by atoms with Crippen molar-refractivity contribution in [1.82, 2.24) is 0 Å². The molecule has 0 spiro atoms. The van der Waals surface area contributed by atoms with Crippen molar-refractivity contribution < 1.29 is 13.2 Å². The van der Waals surface area contributed by atoms with Crippen molar-refractivity contribution in [3.8, 4) is 0 Å². The summed E-state index contributed by atoms with van der Waals surface area (Å²) in [5.74, 6) is -0.362. The molecular formula is C14H22N2O3S. The molecule has 0 aromatic heterocycles. The van der Waals surface area contributed by atoms with E-state index in [0.717, 1.165) is 23.1 Å². The predicted molar refractivity (Wildman–Crippen MR) is 81.6 cm³/mol. The molecule has 0 bridgehead atoms. The SMILES string of the molecule is Cc1cc(C)cc(N(C)C(=O)C(N)CCS(C)(=O)=O)c1. The Labute approximate surface area is 120 Å². The predicted octanol–water partition coefficient (Wildman–Crippen LogP) is 1.03. The monoisotopic (exact) mass is 298 g/mol. The van der Waals surface area contributed by atoms with Gasteiger partial charge in [-0.1, -0.05) is 6.07 Å². The van der Waals surface area contributed by atoms with E-state index in [1.807, 2.05) is 32.0 Å². The average Bonchev–Trinajstić information content (AvgIpc) is 2.32. The Bertz CT molecular complexity index is 576. The molecule has 0 aliphatic rings. The smallest absolute Gasteiger partial charge is 0.243 e. The number of nitrogens with two attached hydrogens (primary N) is 1. The molecule has 20 heavy (non-hydrogen) atoms. The summed E-state index contributed by atoms with van der Waals surface area (Å²) in [6.45, 7) is 3.91. The van der Waals surface area contributed by atoms with Gasteiger partial charge in [0.2, 0.25) is 5.91 Å². The molecule has 1 atom stereocenters. The standard InChI is InChI=1S/C14H22N2O3S/c1-10-7-11(2)9-12(8-10)16(3)14(17)13(15)5-6-20(4,18)19/h7-9,13H,5-6,15H2,1-4H3. The van der Waals surface area contributed by atoms with E-state index in [1.165, 1.54) is 4.90 Å². The number of benzene rings is 1. The van der Waals surface area contributed by atoms with Crippen molar-refractivity contribution in [3.05, 3.63) is 29.3 Å². The third kappa shape index (κ3) is 4.94. The van der Waals surface area contributed by atoms with E-state index in [2.05, 4.69) is 0 Å². The Kier molecular flexibility index (Phi) is 5.30. The van der Waals surface area contributed by atoms with E-state index in [0.29, 0.717) is 0 Å². The Morgan fingerprint density at radius 2 is 1.75 bits per heavy atom. The first kappa shape index (κ1) is 16.7. The highest BCUT2D eigenvalue weighted by molar-refractivity contribution is 7.90. The van der Waals surface area contributed by atoms with Gasteiger partial charge in [-0.3, -0.25) is 4.79 Å². The number of anilines is 1. The second-order valence-corrected chi connectivity index (χ2v) is 7.53. The summed E-state index contributed by atoms with van der Waals surface area (Å²) in [5.41, 5.74) is 8.67. The normalized spacial score (nSPS) is 13.1. The minimum atomic E-state index is -3.11. The van der Waals surface area contributed by atoms with Crippen LogP contribution >= 0.6 is 0 Å². The molecule has 2 N–H and O–H groups in total. The number of hydrogen-bond donors (Lipinski definition) is 1. The molecule has 0 fully saturated rings. The number of carbonyl (C=O) groups is 1. The van der Waals surface area contributed by atoms with Gasteiger partial charge in [-0.25, -0.2) is 8.42 Å². The largest absolute Gasteiger partial charge is 0.320 e. The fourth-order valence-corrected chi connectivity index (χ4v) is 2.67. The zero-order chi connectivity index (χ0) is 15.5. The van der Waals surface area contributed by atoms with Crippen LogP contribution in [0.5, 0.6) is 0 Å². The van der Waals surface area contributed by atoms with E-state index in [4.69, 9.17) is 5.73 Å². The maximum absolute atomic E-state index is 12.2. The molecule has 0 radical (unpaired) electrons. The van der Waals surface area contributed by atoms with Gasteiger partial charge in [-0.2, -0.15) is 0 Å². The molecule has 0 saturated carbocycles. The number of hydrogen-bond acceptors (Lipinski definition) is 4. The highest BCUT2D eigenvalue weighted by atomic mass is 32.2. The Hall–Kier alpha value is -1.40. The quantitative estimate of drug-likeness (QED) is 0.880. The molecule has 0 aliphatic heterocycles. The Morgan fingerprint density at radius 3 is 2.20 bits per heavy atom. The second-order valence-electron chi connectivity index (χ2n) is 5.27. The zero-order valence-electron chi connectivity index (χ0n) is 12.4. The van der Waals surface area contributed by atoms with Gasteiger partial charge in [0.25, 0.3) is 0 Å². The van der Waals surface area contributed by atoms with Gasteiger partial charge in [0, 0.05) is 19.0 Å². The first-order chi connectivity index (χ1) is 9.10. The molecule has 6 heteroatoms. The van der Waals surface area contributed by atoms with Crippen molar-refractivity contribution in [3.63, 3.8) is 0 Å². The molecule has 1 amide bonds. The number of aryl methyl sites for hydroxylation is 2. The molecular weight excluding hydrogens is 276 g/mol. The lowest BCUT2D eigenvalue weighted by Crippen LogP contribution is -2.42. The number of amides is 1. The van der Waals surface area contributed by atoms with Gasteiger partial charge in [-0.15, -0.1) is 0 Å². The van der Waals surface area contributed by atoms with E-state index in [9.17, 15) is 13.2 Å². The second kappa shape index (κ2) is 6.37. The fourth-order valence-electron chi connectivity index (χ4n) is 1.98. The summed E-state index contributed by atoms with van der Waals surface area (Å²) < 4.78 is 22.2. The highest BCUT2D eigenvalue weighted by Crippen LogP contribution is 2.18. The first-order valence-electron chi connectivity index (χ1n) is 6.39. The molecule has 112 valence electrons. The minimum absolute atomic E-state index is 0.0827. The maximum atomic E-state index is 12.2. The Balaban J connectivity index is 2.80. The van der Waals surface area contributed by atoms with Gasteiger partial charge >= 0.3 is 0 Å². The Morgan fingerprint density at radius 1 is 1.25 bits per heavy atom. The number of carbonyl (C=O) groups excluding carboxylic acids is 1.